The molecule has 0 aliphatic rings. The maximum Gasteiger partial charge on any atom is 0.0287 e. The molecule has 1 rings (SSSR count). The van der Waals surface area contributed by atoms with Crippen molar-refractivity contribution in [2.75, 3.05) is 0 Å². The van der Waals surface area contributed by atoms with Crippen molar-refractivity contribution < 1.29 is 0 Å². The average Bonchev–Trinajstić information content (AvgIpc) is 2.04. The third-order valence-corrected chi connectivity index (χ3v) is 1.53. The Hall–Kier alpha value is -1.22. The lowest BCUT2D eigenvalue weighted by molar-refractivity contribution is 1.13. The molecule has 0 saturated heterocycles. The van der Waals surface area contributed by atoms with E-state index in [1.807, 2.05) is 24.3 Å². The number of hydrogen-bond acceptors (Lipinski definition) is 0. The lowest BCUT2D eigenvalue weighted by Gasteiger charge is -1.97. The van der Waals surface area contributed by atoms with E-state index in [2.05, 4.69) is 12.8 Å². The van der Waals surface area contributed by atoms with Crippen LogP contribution < -0.4 is 0 Å². The third-order valence-electron chi connectivity index (χ3n) is 1.53. The van der Waals surface area contributed by atoms with Gasteiger partial charge in [0.25, 0.3) is 0 Å². The third kappa shape index (κ3) is 1.19. The molecule has 0 bridgehead atoms. The van der Waals surface area contributed by atoms with E-state index in [0.29, 0.717) is 0 Å². The molecule has 0 nitrogen and oxygen atoms in total. The zero-order valence-corrected chi connectivity index (χ0v) is 6.02. The Balaban J connectivity index is 3.12. The summed E-state index contributed by atoms with van der Waals surface area (Å²) >= 11 is 0. The lowest BCUT2D eigenvalue weighted by Crippen LogP contribution is -1.84. The topological polar surface area (TPSA) is 0 Å². The highest BCUT2D eigenvalue weighted by molar-refractivity contribution is 5.38. The number of benzene rings is 1. The summed E-state index contributed by atoms with van der Waals surface area (Å²) in [5.41, 5.74) is 2.10. The summed E-state index contributed by atoms with van der Waals surface area (Å²) < 4.78 is 0. The first-order chi connectivity index (χ1) is 4.88. The molecule has 0 unspecified atom stereocenters. The van der Waals surface area contributed by atoms with Crippen LogP contribution in [0.4, 0.5) is 0 Å². The average molecular weight is 129 g/mol. The van der Waals surface area contributed by atoms with Crippen molar-refractivity contribution >= 4 is 0 Å². The maximum atomic E-state index is 6.94. The number of aryl methyl sites for hydroxylation is 1. The molecule has 49 valence electrons. The second-order valence-corrected chi connectivity index (χ2v) is 2.14. The molecule has 0 amide bonds. The van der Waals surface area contributed by atoms with Gasteiger partial charge in [0.15, 0.2) is 0 Å². The van der Waals surface area contributed by atoms with E-state index in [1.165, 1.54) is 5.56 Å². The smallest absolute Gasteiger partial charge is 0.0287 e. The predicted molar refractivity (Wildman–Crippen MR) is 42.1 cm³/mol. The Labute approximate surface area is 61.9 Å². The molecule has 1 aromatic carbocycles. The highest BCUT2D eigenvalue weighted by Gasteiger charge is 1.92. The fourth-order valence-corrected chi connectivity index (χ4v) is 0.951. The molecule has 0 saturated carbocycles. The largest absolute Gasteiger partial charge is 0.0619 e. The molecule has 0 fully saturated rings. The molecule has 0 heteroatoms. The van der Waals surface area contributed by atoms with Gasteiger partial charge >= 0.3 is 0 Å². The Kier molecular flexibility index (Phi) is 2.12. The second kappa shape index (κ2) is 3.08. The SMILES string of the molecule is [C]#Cc1ccccc1CC. The minimum atomic E-state index is 0.907. The van der Waals surface area contributed by atoms with E-state index in [4.69, 9.17) is 6.42 Å². The lowest BCUT2D eigenvalue weighted by atomic mass is 10.1. The molecule has 0 aliphatic heterocycles. The van der Waals surface area contributed by atoms with Crippen molar-refractivity contribution in [3.63, 3.8) is 0 Å². The van der Waals surface area contributed by atoms with Gasteiger partial charge in [-0.15, -0.1) is 0 Å². The van der Waals surface area contributed by atoms with E-state index in [0.717, 1.165) is 12.0 Å². The molecule has 0 aliphatic carbocycles. The zero-order valence-electron chi connectivity index (χ0n) is 6.02. The summed E-state index contributed by atoms with van der Waals surface area (Å²) in [4.78, 5) is 0. The van der Waals surface area contributed by atoms with Gasteiger partial charge in [-0.3, -0.25) is 0 Å². The van der Waals surface area contributed by atoms with Crippen LogP contribution in [0.1, 0.15) is 18.1 Å². The normalized spacial score (nSPS) is 8.80. The molecule has 0 aromatic heterocycles. The highest BCUT2D eigenvalue weighted by atomic mass is 14.0. The molecule has 10 heavy (non-hydrogen) atoms. The standard InChI is InChI=1S/C10H9/c1-3-9-7-5-6-8-10(9)4-2/h5-8H,3H2,1H3. The van der Waals surface area contributed by atoms with Crippen LogP contribution in [-0.2, 0) is 6.42 Å². The molecular formula is C10H9. The zero-order chi connectivity index (χ0) is 7.40. The van der Waals surface area contributed by atoms with Crippen LogP contribution in [0.2, 0.25) is 0 Å². The highest BCUT2D eigenvalue weighted by Crippen LogP contribution is 2.06. The first kappa shape index (κ1) is 6.89. The van der Waals surface area contributed by atoms with Gasteiger partial charge in [-0.2, -0.15) is 0 Å². The van der Waals surface area contributed by atoms with Gasteiger partial charge in [-0.05, 0) is 24.5 Å². The molecule has 0 spiro atoms. The minimum absolute atomic E-state index is 0.907. The van der Waals surface area contributed by atoms with Crippen molar-refractivity contribution in [1.29, 1.82) is 0 Å². The summed E-state index contributed by atoms with van der Waals surface area (Å²) in [5, 5.41) is 0. The Morgan fingerprint density at radius 3 is 2.60 bits per heavy atom. The summed E-state index contributed by atoms with van der Waals surface area (Å²) in [6.07, 6.45) is 7.91. The van der Waals surface area contributed by atoms with Gasteiger partial charge in [-0.25, -0.2) is 0 Å². The van der Waals surface area contributed by atoms with Gasteiger partial charge in [0.05, 0.1) is 0 Å². The quantitative estimate of drug-likeness (QED) is 0.510. The number of rotatable bonds is 1. The van der Waals surface area contributed by atoms with Crippen LogP contribution in [0.15, 0.2) is 24.3 Å². The van der Waals surface area contributed by atoms with Crippen LogP contribution in [0, 0.1) is 12.3 Å². The molecule has 0 heterocycles. The maximum absolute atomic E-state index is 6.94. The van der Waals surface area contributed by atoms with Gasteiger partial charge in [0, 0.05) is 5.56 Å². The van der Waals surface area contributed by atoms with Crippen molar-refractivity contribution in [2.24, 2.45) is 0 Å². The Bertz CT molecular complexity index is 253. The monoisotopic (exact) mass is 129 g/mol. The second-order valence-electron chi connectivity index (χ2n) is 2.14. The van der Waals surface area contributed by atoms with Gasteiger partial charge in [-0.1, -0.05) is 31.0 Å². The van der Waals surface area contributed by atoms with E-state index < -0.39 is 0 Å². The summed E-state index contributed by atoms with van der Waals surface area (Å²) in [6, 6.07) is 7.85. The van der Waals surface area contributed by atoms with Crippen molar-refractivity contribution in [3.05, 3.63) is 41.8 Å². The molecule has 0 atom stereocenters. The van der Waals surface area contributed by atoms with Crippen molar-refractivity contribution in [2.45, 2.75) is 13.3 Å². The van der Waals surface area contributed by atoms with E-state index in [-0.39, 0.29) is 0 Å². The van der Waals surface area contributed by atoms with Gasteiger partial charge in [0.1, 0.15) is 0 Å². The van der Waals surface area contributed by atoms with E-state index in [9.17, 15) is 0 Å². The van der Waals surface area contributed by atoms with Crippen LogP contribution in [0.5, 0.6) is 0 Å². The van der Waals surface area contributed by atoms with Crippen LogP contribution >= 0.6 is 0 Å². The fourth-order valence-electron chi connectivity index (χ4n) is 0.951. The molecule has 1 aromatic rings. The van der Waals surface area contributed by atoms with Gasteiger partial charge < -0.3 is 0 Å². The number of hydrogen-bond donors (Lipinski definition) is 0. The first-order valence-electron chi connectivity index (χ1n) is 3.39. The molecular weight excluding hydrogens is 120 g/mol. The van der Waals surface area contributed by atoms with Crippen LogP contribution in [0.25, 0.3) is 0 Å². The van der Waals surface area contributed by atoms with Crippen LogP contribution in [-0.4, -0.2) is 0 Å². The first-order valence-corrected chi connectivity index (χ1v) is 3.39. The Morgan fingerprint density at radius 1 is 1.40 bits per heavy atom. The predicted octanol–water partition coefficient (Wildman–Crippen LogP) is 2.19. The summed E-state index contributed by atoms with van der Waals surface area (Å²) in [5.74, 6) is 2.40. The van der Waals surface area contributed by atoms with Crippen LogP contribution in [0.3, 0.4) is 0 Å². The molecule has 1 radical (unpaired) electrons. The van der Waals surface area contributed by atoms with E-state index >= 15 is 0 Å². The van der Waals surface area contributed by atoms with Crippen molar-refractivity contribution in [3.8, 4) is 5.92 Å². The van der Waals surface area contributed by atoms with Crippen molar-refractivity contribution in [1.82, 2.24) is 0 Å². The summed E-state index contributed by atoms with van der Waals surface area (Å²) in [6.45, 7) is 2.08. The fraction of sp³-hybridized carbons (Fsp3) is 0.200. The van der Waals surface area contributed by atoms with E-state index in [1.54, 1.807) is 0 Å². The van der Waals surface area contributed by atoms with Gasteiger partial charge in [0.2, 0.25) is 0 Å². The minimum Gasteiger partial charge on any atom is -0.0619 e. The summed E-state index contributed by atoms with van der Waals surface area (Å²) in [7, 11) is 0. The molecule has 0 N–H and O–H groups in total. The Morgan fingerprint density at radius 2 is 2.10 bits per heavy atom.